The number of carbonyl (C=O) groups is 1. The Balaban J connectivity index is 2.64. The van der Waals surface area contributed by atoms with Gasteiger partial charge in [-0.3, -0.25) is 0 Å². The van der Waals surface area contributed by atoms with E-state index in [1.54, 1.807) is 0 Å². The third-order valence-corrected chi connectivity index (χ3v) is 3.90. The lowest BCUT2D eigenvalue weighted by Crippen LogP contribution is -2.47. The molecule has 0 aromatic carbocycles. The fraction of sp³-hybridized carbons (Fsp3) is 0.941. The minimum absolute atomic E-state index is 0.173. The lowest BCUT2D eigenvalue weighted by molar-refractivity contribution is 0.0279. The van der Waals surface area contributed by atoms with E-state index in [9.17, 15) is 4.79 Å². The number of hydrogen-bond donors (Lipinski definition) is 1. The van der Waals surface area contributed by atoms with Gasteiger partial charge in [0.05, 0.1) is 0 Å². The van der Waals surface area contributed by atoms with Gasteiger partial charge in [-0.15, -0.1) is 0 Å². The van der Waals surface area contributed by atoms with E-state index in [4.69, 9.17) is 4.74 Å². The second-order valence-electron chi connectivity index (χ2n) is 8.27. The van der Waals surface area contributed by atoms with Crippen LogP contribution in [0.4, 0.5) is 4.79 Å². The summed E-state index contributed by atoms with van der Waals surface area (Å²) in [6, 6.07) is 0.435. The van der Waals surface area contributed by atoms with E-state index < -0.39 is 5.60 Å². The molecule has 1 saturated heterocycles. The van der Waals surface area contributed by atoms with Gasteiger partial charge in [0.1, 0.15) is 5.60 Å². The van der Waals surface area contributed by atoms with Gasteiger partial charge in [-0.05, 0) is 51.5 Å². The number of carbonyl (C=O) groups excluding carboxylic acids is 1. The van der Waals surface area contributed by atoms with Crippen molar-refractivity contribution in [2.75, 3.05) is 19.6 Å². The second-order valence-corrected chi connectivity index (χ2v) is 8.27. The van der Waals surface area contributed by atoms with E-state index in [2.05, 4.69) is 33.0 Å². The molecule has 0 saturated carbocycles. The van der Waals surface area contributed by atoms with Crippen molar-refractivity contribution < 1.29 is 9.53 Å². The van der Waals surface area contributed by atoms with Crippen molar-refractivity contribution in [3.63, 3.8) is 0 Å². The van der Waals surface area contributed by atoms with E-state index in [0.29, 0.717) is 12.0 Å². The molecule has 124 valence electrons. The highest BCUT2D eigenvalue weighted by atomic mass is 16.6. The highest BCUT2D eigenvalue weighted by Crippen LogP contribution is 2.31. The summed E-state index contributed by atoms with van der Waals surface area (Å²) in [6.45, 7) is 17.4. The number of likely N-dealkylation sites (tertiary alicyclic amines) is 1. The lowest BCUT2D eigenvalue weighted by Gasteiger charge is -2.36. The van der Waals surface area contributed by atoms with Crippen molar-refractivity contribution in [1.82, 2.24) is 10.2 Å². The minimum Gasteiger partial charge on any atom is -0.444 e. The first-order valence-corrected chi connectivity index (χ1v) is 8.26. The van der Waals surface area contributed by atoms with Crippen LogP contribution in [0, 0.1) is 11.3 Å². The Labute approximate surface area is 130 Å². The molecule has 2 atom stereocenters. The normalized spacial score (nSPS) is 21.5. The maximum Gasteiger partial charge on any atom is 0.410 e. The molecular formula is C17H34N2O2. The lowest BCUT2D eigenvalue weighted by atomic mass is 9.78. The zero-order valence-electron chi connectivity index (χ0n) is 15.0. The van der Waals surface area contributed by atoms with Crippen LogP contribution in [0.15, 0.2) is 0 Å². The first-order chi connectivity index (χ1) is 9.54. The van der Waals surface area contributed by atoms with Crippen LogP contribution in [0.3, 0.4) is 0 Å². The number of nitrogens with zero attached hydrogens (tertiary/aromatic N) is 1. The molecule has 0 spiro atoms. The van der Waals surface area contributed by atoms with Gasteiger partial charge in [0.25, 0.3) is 0 Å². The van der Waals surface area contributed by atoms with Crippen molar-refractivity contribution >= 4 is 6.09 Å². The average molecular weight is 298 g/mol. The van der Waals surface area contributed by atoms with Crippen LogP contribution in [-0.4, -0.2) is 42.3 Å². The minimum atomic E-state index is -0.418. The predicted octanol–water partition coefficient (Wildman–Crippen LogP) is 3.66. The van der Waals surface area contributed by atoms with Crippen LogP contribution in [0.5, 0.6) is 0 Å². The number of hydrogen-bond acceptors (Lipinski definition) is 3. The van der Waals surface area contributed by atoms with E-state index >= 15 is 0 Å². The number of amides is 1. The molecule has 1 heterocycles. The fourth-order valence-electron chi connectivity index (χ4n) is 3.03. The number of ether oxygens (including phenoxy) is 1. The Morgan fingerprint density at radius 1 is 1.29 bits per heavy atom. The van der Waals surface area contributed by atoms with Gasteiger partial charge in [0.2, 0.25) is 0 Å². The van der Waals surface area contributed by atoms with Crippen molar-refractivity contribution in [3.05, 3.63) is 0 Å². The van der Waals surface area contributed by atoms with Crippen molar-refractivity contribution in [2.45, 2.75) is 73.0 Å². The highest BCUT2D eigenvalue weighted by molar-refractivity contribution is 5.68. The molecular weight excluding hydrogens is 264 g/mol. The summed E-state index contributed by atoms with van der Waals surface area (Å²) in [4.78, 5) is 14.0. The maximum atomic E-state index is 12.2. The van der Waals surface area contributed by atoms with Gasteiger partial charge < -0.3 is 15.0 Å². The second kappa shape index (κ2) is 6.99. The van der Waals surface area contributed by atoms with E-state index in [0.717, 1.165) is 32.5 Å². The number of nitrogens with one attached hydrogen (secondary N) is 1. The van der Waals surface area contributed by atoms with Gasteiger partial charge in [0.15, 0.2) is 0 Å². The standard InChI is InChI=1S/C17H34N2O2/c1-8-10-18-14(16(2,3)4)13-9-11-19(12-13)15(20)21-17(5,6)7/h13-14,18H,8-12H2,1-7H3. The number of rotatable bonds is 4. The van der Waals surface area contributed by atoms with Gasteiger partial charge >= 0.3 is 6.09 Å². The molecule has 0 radical (unpaired) electrons. The van der Waals surface area contributed by atoms with Crippen LogP contribution >= 0.6 is 0 Å². The summed E-state index contributed by atoms with van der Waals surface area (Å²) < 4.78 is 5.48. The third kappa shape index (κ3) is 5.85. The molecule has 21 heavy (non-hydrogen) atoms. The smallest absolute Gasteiger partial charge is 0.410 e. The molecule has 1 fully saturated rings. The van der Waals surface area contributed by atoms with E-state index in [1.165, 1.54) is 0 Å². The predicted molar refractivity (Wildman–Crippen MR) is 87.5 cm³/mol. The Morgan fingerprint density at radius 3 is 2.38 bits per heavy atom. The zero-order chi connectivity index (χ0) is 16.3. The van der Waals surface area contributed by atoms with Crippen LogP contribution < -0.4 is 5.32 Å². The Bertz CT molecular complexity index is 342. The fourth-order valence-corrected chi connectivity index (χ4v) is 3.03. The summed E-state index contributed by atoms with van der Waals surface area (Å²) in [5.41, 5.74) is -0.219. The summed E-state index contributed by atoms with van der Waals surface area (Å²) in [7, 11) is 0. The van der Waals surface area contributed by atoms with Crippen LogP contribution in [0.25, 0.3) is 0 Å². The summed E-state index contributed by atoms with van der Waals surface area (Å²) >= 11 is 0. The van der Waals surface area contributed by atoms with Crippen molar-refractivity contribution in [2.24, 2.45) is 11.3 Å². The quantitative estimate of drug-likeness (QED) is 0.861. The molecule has 2 unspecified atom stereocenters. The highest BCUT2D eigenvalue weighted by Gasteiger charge is 2.38. The topological polar surface area (TPSA) is 41.6 Å². The molecule has 0 bridgehead atoms. The first kappa shape index (κ1) is 18.3. The zero-order valence-corrected chi connectivity index (χ0v) is 15.0. The Morgan fingerprint density at radius 2 is 1.90 bits per heavy atom. The first-order valence-electron chi connectivity index (χ1n) is 8.26. The molecule has 1 N–H and O–H groups in total. The van der Waals surface area contributed by atoms with Gasteiger partial charge in [-0.25, -0.2) is 4.79 Å². The monoisotopic (exact) mass is 298 g/mol. The molecule has 1 aliphatic heterocycles. The molecule has 1 aliphatic rings. The molecule has 0 aromatic rings. The molecule has 0 aliphatic carbocycles. The summed E-state index contributed by atoms with van der Waals surface area (Å²) in [6.07, 6.45) is 2.01. The Kier molecular flexibility index (Phi) is 6.09. The van der Waals surface area contributed by atoms with Gasteiger partial charge in [-0.1, -0.05) is 27.7 Å². The molecule has 1 amide bonds. The van der Waals surface area contributed by atoms with E-state index in [-0.39, 0.29) is 11.5 Å². The van der Waals surface area contributed by atoms with Crippen molar-refractivity contribution in [1.29, 1.82) is 0 Å². The van der Waals surface area contributed by atoms with Gasteiger partial charge in [0, 0.05) is 19.1 Å². The Hall–Kier alpha value is -0.770. The largest absolute Gasteiger partial charge is 0.444 e. The summed E-state index contributed by atoms with van der Waals surface area (Å²) in [5.74, 6) is 0.504. The summed E-state index contributed by atoms with van der Waals surface area (Å²) in [5, 5.41) is 3.68. The van der Waals surface area contributed by atoms with E-state index in [1.807, 2.05) is 25.7 Å². The molecule has 4 heteroatoms. The van der Waals surface area contributed by atoms with Crippen LogP contribution in [0.2, 0.25) is 0 Å². The maximum absolute atomic E-state index is 12.2. The molecule has 1 rings (SSSR count). The van der Waals surface area contributed by atoms with Crippen molar-refractivity contribution in [3.8, 4) is 0 Å². The van der Waals surface area contributed by atoms with Gasteiger partial charge in [-0.2, -0.15) is 0 Å². The van der Waals surface area contributed by atoms with Crippen LogP contribution in [0.1, 0.15) is 61.3 Å². The average Bonchev–Trinajstić information content (AvgIpc) is 2.74. The molecule has 0 aromatic heterocycles. The van der Waals surface area contributed by atoms with Crippen LogP contribution in [-0.2, 0) is 4.74 Å². The SMILES string of the molecule is CCCNC(C1CCN(C(=O)OC(C)(C)C)C1)C(C)(C)C. The third-order valence-electron chi connectivity index (χ3n) is 3.90. The molecule has 4 nitrogen and oxygen atoms in total.